The van der Waals surface area contributed by atoms with Crippen LogP contribution in [0.1, 0.15) is 59.7 Å². The molecule has 1 fully saturated rings. The largest absolute Gasteiger partial charge is 0.507 e. The minimum atomic E-state index is -1.79. The van der Waals surface area contributed by atoms with Gasteiger partial charge in [0.1, 0.15) is 34.9 Å². The normalized spacial score (nSPS) is 26.2. The van der Waals surface area contributed by atoms with Crippen LogP contribution >= 0.6 is 0 Å². The molecule has 0 unspecified atom stereocenters. The second-order valence-corrected chi connectivity index (χ2v) is 11.2. The summed E-state index contributed by atoms with van der Waals surface area (Å²) in [6.45, 7) is 5.01. The van der Waals surface area contributed by atoms with Gasteiger partial charge in [0.2, 0.25) is 0 Å². The van der Waals surface area contributed by atoms with Crippen molar-refractivity contribution in [2.45, 2.75) is 51.4 Å². The number of aliphatic hydroxyl groups is 2. The minimum Gasteiger partial charge on any atom is -0.507 e. The third-order valence-electron chi connectivity index (χ3n) is 8.93. The first-order valence-corrected chi connectivity index (χ1v) is 13.8. The quantitative estimate of drug-likeness (QED) is 0.321. The molecule has 8 nitrogen and oxygen atoms in total. The van der Waals surface area contributed by atoms with Gasteiger partial charge in [0.25, 0.3) is 0 Å². The first-order chi connectivity index (χ1) is 20.1. The molecule has 3 N–H and O–H groups in total. The molecule has 4 atom stereocenters. The maximum absolute atomic E-state index is 14.5. The number of hydrogen-bond acceptors (Lipinski definition) is 8. The Hall–Kier alpha value is -4.56. The molecule has 2 bridgehead atoms. The lowest BCUT2D eigenvalue weighted by atomic mass is 9.58. The number of carbonyl (C=O) groups excluding carboxylic acids is 2. The number of phenolic OH excluding ortho intramolecular Hbond substituents is 1. The fraction of sp³-hybridized carbons (Fsp3) is 0.294. The van der Waals surface area contributed by atoms with Gasteiger partial charge in [-0.3, -0.25) is 9.59 Å². The first kappa shape index (κ1) is 27.6. The van der Waals surface area contributed by atoms with E-state index in [9.17, 15) is 24.9 Å². The van der Waals surface area contributed by atoms with Crippen molar-refractivity contribution in [2.75, 3.05) is 7.11 Å². The molecule has 0 amide bonds. The van der Waals surface area contributed by atoms with Crippen LogP contribution in [0, 0.1) is 12.3 Å². The van der Waals surface area contributed by atoms with E-state index >= 15 is 0 Å². The van der Waals surface area contributed by atoms with E-state index in [0.717, 1.165) is 0 Å². The van der Waals surface area contributed by atoms with E-state index in [1.165, 1.54) is 13.2 Å². The maximum atomic E-state index is 14.5. The van der Waals surface area contributed by atoms with E-state index in [2.05, 4.69) is 0 Å². The zero-order chi connectivity index (χ0) is 30.0. The predicted octanol–water partition coefficient (Wildman–Crippen LogP) is 5.77. The van der Waals surface area contributed by atoms with Gasteiger partial charge in [0.15, 0.2) is 11.6 Å². The SMILES string of the molecule is COc1c(C)c(O)cc2c1[C@@H]1[C@H](O)[C@@](c3ccccc3)(OC3=C(C)C(O)=C(CCC(=O)c4ccccc4)C(=O)[C@@]31C)O2. The highest BCUT2D eigenvalue weighted by Crippen LogP contribution is 2.66. The molecule has 8 heteroatoms. The van der Waals surface area contributed by atoms with Gasteiger partial charge >= 0.3 is 5.79 Å². The highest BCUT2D eigenvalue weighted by Gasteiger charge is 2.69. The number of allylic oxidation sites excluding steroid dienone is 3. The molecule has 3 aliphatic rings. The first-order valence-electron chi connectivity index (χ1n) is 13.8. The van der Waals surface area contributed by atoms with Gasteiger partial charge in [-0.05, 0) is 27.2 Å². The van der Waals surface area contributed by atoms with Crippen molar-refractivity contribution in [3.05, 3.63) is 112 Å². The van der Waals surface area contributed by atoms with Gasteiger partial charge < -0.3 is 29.5 Å². The number of fused-ring (bicyclic) bond motifs is 6. The number of phenols is 1. The number of carbonyl (C=O) groups is 2. The maximum Gasteiger partial charge on any atom is 0.304 e. The molecule has 1 aliphatic carbocycles. The summed E-state index contributed by atoms with van der Waals surface area (Å²) in [5.74, 6) is -3.05. The van der Waals surface area contributed by atoms with E-state index in [0.29, 0.717) is 27.8 Å². The standard InChI is InChI=1S/C34H32O8/c1-18-24(36)17-25-26(29(18)40-4)27-31(39)34(41-25,21-13-9-6-10-14-21)42-32-19(2)28(37)22(30(38)33(27,32)3)15-16-23(35)20-11-7-5-8-12-20/h5-14,17,27,31,36-37,39H,15-16H2,1-4H3/t27-,31+,33+,34-/m1/s1. The molecular weight excluding hydrogens is 536 g/mol. The molecule has 0 saturated carbocycles. The van der Waals surface area contributed by atoms with Crippen LogP contribution in [0.2, 0.25) is 0 Å². The number of ketones is 2. The lowest BCUT2D eigenvalue weighted by molar-refractivity contribution is -0.281. The summed E-state index contributed by atoms with van der Waals surface area (Å²) in [6.07, 6.45) is -1.39. The Bertz CT molecular complexity index is 1670. The average Bonchev–Trinajstić information content (AvgIpc) is 3.00. The molecule has 3 aromatic carbocycles. The van der Waals surface area contributed by atoms with Crippen LogP contribution in [-0.4, -0.2) is 40.1 Å². The zero-order valence-electron chi connectivity index (χ0n) is 23.8. The monoisotopic (exact) mass is 568 g/mol. The van der Waals surface area contributed by atoms with Crippen molar-refractivity contribution in [1.29, 1.82) is 0 Å². The smallest absolute Gasteiger partial charge is 0.304 e. The number of aliphatic hydroxyl groups excluding tert-OH is 2. The number of methoxy groups -OCH3 is 1. The molecule has 216 valence electrons. The number of rotatable bonds is 6. The van der Waals surface area contributed by atoms with Crippen molar-refractivity contribution in [3.63, 3.8) is 0 Å². The zero-order valence-corrected chi connectivity index (χ0v) is 23.8. The van der Waals surface area contributed by atoms with Crippen LogP contribution in [0.25, 0.3) is 0 Å². The minimum absolute atomic E-state index is 0.000343. The molecule has 0 aromatic heterocycles. The van der Waals surface area contributed by atoms with Crippen molar-refractivity contribution >= 4 is 11.6 Å². The third kappa shape index (κ3) is 3.71. The fourth-order valence-electron chi connectivity index (χ4n) is 6.73. The Morgan fingerprint density at radius 2 is 1.64 bits per heavy atom. The van der Waals surface area contributed by atoms with Crippen LogP contribution in [0.4, 0.5) is 0 Å². The van der Waals surface area contributed by atoms with Crippen LogP contribution in [0.15, 0.2) is 89.4 Å². The van der Waals surface area contributed by atoms with Crippen LogP contribution in [-0.2, 0) is 15.3 Å². The Kier molecular flexibility index (Phi) is 6.42. The summed E-state index contributed by atoms with van der Waals surface area (Å²) in [5.41, 5.74) is 0.747. The molecular formula is C34H32O8. The van der Waals surface area contributed by atoms with Crippen molar-refractivity contribution < 1.29 is 39.1 Å². The average molecular weight is 569 g/mol. The third-order valence-corrected chi connectivity index (χ3v) is 8.93. The Labute approximate surface area is 243 Å². The predicted molar refractivity (Wildman–Crippen MR) is 153 cm³/mol. The van der Waals surface area contributed by atoms with Crippen molar-refractivity contribution in [3.8, 4) is 17.2 Å². The highest BCUT2D eigenvalue weighted by atomic mass is 16.7. The van der Waals surface area contributed by atoms with E-state index < -0.39 is 29.0 Å². The molecule has 2 aliphatic heterocycles. The second-order valence-electron chi connectivity index (χ2n) is 11.2. The summed E-state index contributed by atoms with van der Waals surface area (Å²) in [6, 6.07) is 19.1. The molecule has 3 aromatic rings. The molecule has 6 rings (SSSR count). The van der Waals surface area contributed by atoms with Crippen molar-refractivity contribution in [2.24, 2.45) is 5.41 Å². The summed E-state index contributed by atoms with van der Waals surface area (Å²) < 4.78 is 18.7. The van der Waals surface area contributed by atoms with E-state index in [4.69, 9.17) is 14.2 Å². The molecule has 42 heavy (non-hydrogen) atoms. The lowest BCUT2D eigenvalue weighted by Crippen LogP contribution is -2.63. The fourth-order valence-corrected chi connectivity index (χ4v) is 6.73. The van der Waals surface area contributed by atoms with Crippen LogP contribution in [0.5, 0.6) is 17.2 Å². The second kappa shape index (κ2) is 9.77. The summed E-state index contributed by atoms with van der Waals surface area (Å²) >= 11 is 0. The van der Waals surface area contributed by atoms with Gasteiger partial charge in [0.05, 0.1) is 12.5 Å². The Morgan fingerprint density at radius 1 is 1.00 bits per heavy atom. The summed E-state index contributed by atoms with van der Waals surface area (Å²) in [5, 5.41) is 34.3. The number of ether oxygens (including phenoxy) is 3. The van der Waals surface area contributed by atoms with Crippen LogP contribution < -0.4 is 9.47 Å². The Balaban J connectivity index is 1.55. The molecule has 1 saturated heterocycles. The number of hydrogen-bond donors (Lipinski definition) is 3. The van der Waals surface area contributed by atoms with E-state index in [1.54, 1.807) is 69.3 Å². The molecule has 0 radical (unpaired) electrons. The van der Waals surface area contributed by atoms with Crippen molar-refractivity contribution in [1.82, 2.24) is 0 Å². The molecule has 0 spiro atoms. The van der Waals surface area contributed by atoms with E-state index in [-0.39, 0.29) is 53.0 Å². The van der Waals surface area contributed by atoms with Gasteiger partial charge in [-0.1, -0.05) is 60.7 Å². The Morgan fingerprint density at radius 3 is 2.29 bits per heavy atom. The highest BCUT2D eigenvalue weighted by molar-refractivity contribution is 6.06. The van der Waals surface area contributed by atoms with Crippen LogP contribution in [0.3, 0.4) is 0 Å². The van der Waals surface area contributed by atoms with Gasteiger partial charge in [-0.15, -0.1) is 0 Å². The number of benzene rings is 3. The van der Waals surface area contributed by atoms with Gasteiger partial charge in [-0.25, -0.2) is 0 Å². The lowest BCUT2D eigenvalue weighted by Gasteiger charge is -2.57. The van der Waals surface area contributed by atoms with Gasteiger partial charge in [0, 0.05) is 51.8 Å². The summed E-state index contributed by atoms with van der Waals surface area (Å²) in [4.78, 5) is 27.5. The van der Waals surface area contributed by atoms with Gasteiger partial charge in [-0.2, -0.15) is 0 Å². The summed E-state index contributed by atoms with van der Waals surface area (Å²) in [7, 11) is 1.45. The number of aromatic hydroxyl groups is 1. The number of Topliss-reactive ketones (excluding diaryl/α,β-unsaturated/α-hetero) is 2. The molecule has 2 heterocycles. The topological polar surface area (TPSA) is 123 Å². The van der Waals surface area contributed by atoms with E-state index in [1.807, 2.05) is 12.1 Å².